The van der Waals surface area contributed by atoms with Crippen molar-refractivity contribution < 1.29 is 14.5 Å². The first kappa shape index (κ1) is 13.1. The molecule has 1 aromatic rings. The van der Waals surface area contributed by atoms with Gasteiger partial charge in [0.1, 0.15) is 17.2 Å². The predicted molar refractivity (Wildman–Crippen MR) is 61.5 cm³/mol. The van der Waals surface area contributed by atoms with Gasteiger partial charge in [0, 0.05) is 4.47 Å². The second kappa shape index (κ2) is 5.41. The number of nitro groups is 1. The van der Waals surface area contributed by atoms with Crippen LogP contribution >= 0.6 is 15.9 Å². The predicted octanol–water partition coefficient (Wildman–Crippen LogP) is 2.41. The molecule has 0 aromatic heterocycles. The summed E-state index contributed by atoms with van der Waals surface area (Å²) in [5.74, 6) is -0.816. The smallest absolute Gasteiger partial charge is 0.345 e. The standard InChI is InChI=1S/C10H7BrN2O4/c1-2-17-10(14)6-3-4-8(11)7(5-12)9(6)13(15)16/h3-4H,2H2,1H3. The molecular formula is C10H7BrN2O4. The number of carbonyl (C=O) groups is 1. The zero-order chi connectivity index (χ0) is 13.0. The van der Waals surface area contributed by atoms with Crippen molar-refractivity contribution in [2.24, 2.45) is 0 Å². The van der Waals surface area contributed by atoms with Gasteiger partial charge in [-0.25, -0.2) is 4.79 Å². The van der Waals surface area contributed by atoms with Gasteiger partial charge in [-0.2, -0.15) is 5.26 Å². The van der Waals surface area contributed by atoms with Gasteiger partial charge in [0.05, 0.1) is 11.5 Å². The van der Waals surface area contributed by atoms with Gasteiger partial charge in [0.15, 0.2) is 0 Å². The maximum atomic E-state index is 11.5. The lowest BCUT2D eigenvalue weighted by molar-refractivity contribution is -0.385. The average molecular weight is 299 g/mol. The Balaban J connectivity index is 3.47. The number of halogens is 1. The van der Waals surface area contributed by atoms with Crippen LogP contribution in [0, 0.1) is 21.4 Å². The van der Waals surface area contributed by atoms with Crippen molar-refractivity contribution >= 4 is 27.6 Å². The Hall–Kier alpha value is -1.94. The second-order valence-corrected chi connectivity index (χ2v) is 3.76. The first-order valence-corrected chi connectivity index (χ1v) is 5.36. The Labute approximate surface area is 105 Å². The number of nitrogens with zero attached hydrogens (tertiary/aromatic N) is 2. The lowest BCUT2D eigenvalue weighted by atomic mass is 10.1. The number of carbonyl (C=O) groups excluding carboxylic acids is 1. The van der Waals surface area contributed by atoms with E-state index >= 15 is 0 Å². The maximum Gasteiger partial charge on any atom is 0.345 e. The molecular weight excluding hydrogens is 292 g/mol. The Morgan fingerprint density at radius 1 is 1.65 bits per heavy atom. The SMILES string of the molecule is CCOC(=O)c1ccc(Br)c(C#N)c1[N+](=O)[O-]. The van der Waals surface area contributed by atoms with Gasteiger partial charge < -0.3 is 4.74 Å². The van der Waals surface area contributed by atoms with E-state index in [1.54, 1.807) is 13.0 Å². The van der Waals surface area contributed by atoms with Crippen LogP contribution in [0.15, 0.2) is 16.6 Å². The van der Waals surface area contributed by atoms with Crippen LogP contribution in [-0.4, -0.2) is 17.5 Å². The number of benzene rings is 1. The summed E-state index contributed by atoms with van der Waals surface area (Å²) in [4.78, 5) is 21.6. The number of nitro benzene ring substituents is 1. The van der Waals surface area contributed by atoms with Gasteiger partial charge in [0.2, 0.25) is 0 Å². The molecule has 0 radical (unpaired) electrons. The molecule has 0 spiro atoms. The van der Waals surface area contributed by atoms with Crippen LogP contribution in [0.1, 0.15) is 22.8 Å². The summed E-state index contributed by atoms with van der Waals surface area (Å²) in [5, 5.41) is 19.7. The second-order valence-electron chi connectivity index (χ2n) is 2.91. The van der Waals surface area contributed by atoms with Crippen LogP contribution in [-0.2, 0) is 4.74 Å². The minimum Gasteiger partial charge on any atom is -0.462 e. The highest BCUT2D eigenvalue weighted by Gasteiger charge is 2.27. The van der Waals surface area contributed by atoms with Crippen molar-refractivity contribution in [2.75, 3.05) is 6.61 Å². The molecule has 0 aliphatic carbocycles. The Kier molecular flexibility index (Phi) is 4.17. The number of nitriles is 1. The summed E-state index contributed by atoms with van der Waals surface area (Å²) in [7, 11) is 0. The lowest BCUT2D eigenvalue weighted by Gasteiger charge is -2.04. The Morgan fingerprint density at radius 3 is 2.76 bits per heavy atom. The third kappa shape index (κ3) is 2.60. The molecule has 0 saturated heterocycles. The third-order valence-corrected chi connectivity index (χ3v) is 2.58. The van der Waals surface area contributed by atoms with Crippen LogP contribution in [0.3, 0.4) is 0 Å². The van der Waals surface area contributed by atoms with Crippen LogP contribution in [0.4, 0.5) is 5.69 Å². The average Bonchev–Trinajstić information content (AvgIpc) is 2.28. The molecule has 6 nitrogen and oxygen atoms in total. The van der Waals surface area contributed by atoms with Gasteiger partial charge in [0.25, 0.3) is 0 Å². The van der Waals surface area contributed by atoms with Crippen LogP contribution in [0.2, 0.25) is 0 Å². The van der Waals surface area contributed by atoms with Crippen molar-refractivity contribution in [3.63, 3.8) is 0 Å². The largest absolute Gasteiger partial charge is 0.462 e. The summed E-state index contributed by atoms with van der Waals surface area (Å²) in [6, 6.07) is 4.34. The van der Waals surface area contributed by atoms with Gasteiger partial charge >= 0.3 is 11.7 Å². The molecule has 0 aliphatic rings. The molecule has 0 bridgehead atoms. The highest BCUT2D eigenvalue weighted by Crippen LogP contribution is 2.30. The van der Waals surface area contributed by atoms with Crippen molar-refractivity contribution in [3.8, 4) is 6.07 Å². The van der Waals surface area contributed by atoms with Crippen LogP contribution in [0.25, 0.3) is 0 Å². The summed E-state index contributed by atoms with van der Waals surface area (Å²) in [6.07, 6.45) is 0. The molecule has 1 aromatic carbocycles. The Morgan fingerprint density at radius 2 is 2.29 bits per heavy atom. The zero-order valence-corrected chi connectivity index (χ0v) is 10.4. The minimum atomic E-state index is -0.816. The fraction of sp³-hybridized carbons (Fsp3) is 0.200. The first-order valence-electron chi connectivity index (χ1n) is 4.57. The van der Waals surface area contributed by atoms with Gasteiger partial charge in [-0.15, -0.1) is 0 Å². The molecule has 17 heavy (non-hydrogen) atoms. The summed E-state index contributed by atoms with van der Waals surface area (Å²) < 4.78 is 4.95. The summed E-state index contributed by atoms with van der Waals surface area (Å²) in [5.41, 5.74) is -0.961. The normalized spacial score (nSPS) is 9.47. The van der Waals surface area contributed by atoms with E-state index in [0.717, 1.165) is 0 Å². The molecule has 88 valence electrons. The van der Waals surface area contributed by atoms with E-state index < -0.39 is 16.6 Å². The van der Waals surface area contributed by atoms with Gasteiger partial charge in [-0.1, -0.05) is 0 Å². The highest BCUT2D eigenvalue weighted by molar-refractivity contribution is 9.10. The molecule has 0 saturated carbocycles. The Bertz CT molecular complexity index is 522. The lowest BCUT2D eigenvalue weighted by Crippen LogP contribution is -2.09. The number of esters is 1. The molecule has 0 heterocycles. The van der Waals surface area contributed by atoms with Crippen LogP contribution < -0.4 is 0 Å². The van der Waals surface area contributed by atoms with E-state index in [2.05, 4.69) is 15.9 Å². The number of hydrogen-bond donors (Lipinski definition) is 0. The molecule has 1 rings (SSSR count). The van der Waals surface area contributed by atoms with E-state index in [9.17, 15) is 14.9 Å². The molecule has 0 amide bonds. The van der Waals surface area contributed by atoms with E-state index in [1.807, 2.05) is 0 Å². The topological polar surface area (TPSA) is 93.2 Å². The van der Waals surface area contributed by atoms with E-state index in [0.29, 0.717) is 0 Å². The van der Waals surface area contributed by atoms with Gasteiger partial charge in [-0.3, -0.25) is 10.1 Å². The summed E-state index contributed by atoms with van der Waals surface area (Å²) in [6.45, 7) is 1.70. The molecule has 0 aliphatic heterocycles. The van der Waals surface area contributed by atoms with Crippen molar-refractivity contribution in [1.29, 1.82) is 5.26 Å². The first-order chi connectivity index (χ1) is 8.02. The molecule has 0 unspecified atom stereocenters. The number of hydrogen-bond acceptors (Lipinski definition) is 5. The van der Waals surface area contributed by atoms with E-state index in [4.69, 9.17) is 10.00 Å². The fourth-order valence-electron chi connectivity index (χ4n) is 1.24. The van der Waals surface area contributed by atoms with Crippen molar-refractivity contribution in [2.45, 2.75) is 6.92 Å². The number of ether oxygens (including phenoxy) is 1. The minimum absolute atomic E-state index is 0.105. The highest BCUT2D eigenvalue weighted by atomic mass is 79.9. The molecule has 0 N–H and O–H groups in total. The molecule has 0 fully saturated rings. The van der Waals surface area contributed by atoms with Crippen molar-refractivity contribution in [3.05, 3.63) is 37.8 Å². The van der Waals surface area contributed by atoms with E-state index in [-0.39, 0.29) is 22.2 Å². The fourth-order valence-corrected chi connectivity index (χ4v) is 1.64. The number of rotatable bonds is 3. The quantitative estimate of drug-likeness (QED) is 0.485. The molecule has 7 heteroatoms. The monoisotopic (exact) mass is 298 g/mol. The molecule has 0 atom stereocenters. The zero-order valence-electron chi connectivity index (χ0n) is 8.77. The maximum absolute atomic E-state index is 11.5. The summed E-state index contributed by atoms with van der Waals surface area (Å²) >= 11 is 3.02. The third-order valence-electron chi connectivity index (χ3n) is 1.92. The van der Waals surface area contributed by atoms with Crippen LogP contribution in [0.5, 0.6) is 0 Å². The van der Waals surface area contributed by atoms with E-state index in [1.165, 1.54) is 12.1 Å². The van der Waals surface area contributed by atoms with Gasteiger partial charge in [-0.05, 0) is 35.0 Å². The van der Waals surface area contributed by atoms with Crippen molar-refractivity contribution in [1.82, 2.24) is 0 Å².